The van der Waals surface area contributed by atoms with Gasteiger partial charge in [0.25, 0.3) is 0 Å². The van der Waals surface area contributed by atoms with E-state index < -0.39 is 5.60 Å². The Morgan fingerprint density at radius 1 is 1.03 bits per heavy atom. The molecule has 2 amide bonds. The minimum absolute atomic E-state index is 0.0948. The Hall–Kier alpha value is -3.30. The van der Waals surface area contributed by atoms with Gasteiger partial charge in [-0.15, -0.1) is 0 Å². The first-order valence-corrected chi connectivity index (χ1v) is 11.7. The molecule has 10 heteroatoms. The van der Waals surface area contributed by atoms with Crippen molar-refractivity contribution in [2.75, 3.05) is 51.3 Å². The summed E-state index contributed by atoms with van der Waals surface area (Å²) >= 11 is 0. The quantitative estimate of drug-likeness (QED) is 0.671. The standard InChI is InChI=1S/C24H33N5O5/c1-24(2,3)33-23(31)29-11-5-6-18(16-29)21(30)27-12-14-28(15-13-27)22-25-20(26-34-22)17-7-9-19(32-4)10-8-17/h7-10,18H,5-6,11-16H2,1-4H3. The van der Waals surface area contributed by atoms with Crippen LogP contribution in [0.3, 0.4) is 0 Å². The number of nitrogens with zero attached hydrogens (tertiary/aromatic N) is 5. The molecule has 0 aliphatic carbocycles. The first-order chi connectivity index (χ1) is 16.2. The van der Waals surface area contributed by atoms with Gasteiger partial charge < -0.3 is 28.7 Å². The van der Waals surface area contributed by atoms with Crippen LogP contribution in [0.15, 0.2) is 28.8 Å². The maximum absolute atomic E-state index is 13.2. The summed E-state index contributed by atoms with van der Waals surface area (Å²) in [4.78, 5) is 35.7. The molecule has 0 bridgehead atoms. The SMILES string of the molecule is COc1ccc(-c2noc(N3CCN(C(=O)C4CCCN(C(=O)OC(C)(C)C)C4)CC3)n2)cc1. The first-order valence-electron chi connectivity index (χ1n) is 11.7. The normalized spacial score (nSPS) is 19.2. The maximum atomic E-state index is 13.2. The summed E-state index contributed by atoms with van der Waals surface area (Å²) in [7, 11) is 1.62. The highest BCUT2D eigenvalue weighted by molar-refractivity contribution is 5.80. The van der Waals surface area contributed by atoms with Gasteiger partial charge in [-0.1, -0.05) is 5.16 Å². The Kier molecular flexibility index (Phi) is 6.95. The number of piperazine rings is 1. The lowest BCUT2D eigenvalue weighted by atomic mass is 9.96. The van der Waals surface area contributed by atoms with Gasteiger partial charge >= 0.3 is 12.1 Å². The number of hydrogen-bond donors (Lipinski definition) is 0. The predicted molar refractivity (Wildman–Crippen MR) is 126 cm³/mol. The highest BCUT2D eigenvalue weighted by atomic mass is 16.6. The number of benzene rings is 1. The van der Waals surface area contributed by atoms with Crippen molar-refractivity contribution >= 4 is 18.0 Å². The molecule has 4 rings (SSSR count). The second-order valence-electron chi connectivity index (χ2n) is 9.71. The summed E-state index contributed by atoms with van der Waals surface area (Å²) in [6.07, 6.45) is 1.23. The fourth-order valence-corrected chi connectivity index (χ4v) is 4.25. The van der Waals surface area contributed by atoms with Crippen LogP contribution >= 0.6 is 0 Å². The lowest BCUT2D eigenvalue weighted by molar-refractivity contribution is -0.137. The zero-order chi connectivity index (χ0) is 24.3. The molecule has 2 aliphatic heterocycles. The molecule has 184 valence electrons. The molecule has 0 radical (unpaired) electrons. The highest BCUT2D eigenvalue weighted by Crippen LogP contribution is 2.25. The van der Waals surface area contributed by atoms with Gasteiger partial charge in [0.05, 0.1) is 13.0 Å². The van der Waals surface area contributed by atoms with Gasteiger partial charge in [-0.2, -0.15) is 4.98 Å². The van der Waals surface area contributed by atoms with Crippen LogP contribution in [0.4, 0.5) is 10.8 Å². The number of likely N-dealkylation sites (tertiary alicyclic amines) is 1. The molecule has 2 aromatic rings. The van der Waals surface area contributed by atoms with Crippen LogP contribution in [0.2, 0.25) is 0 Å². The molecule has 2 saturated heterocycles. The smallest absolute Gasteiger partial charge is 0.410 e. The predicted octanol–water partition coefficient (Wildman–Crippen LogP) is 3.04. The molecule has 3 heterocycles. The van der Waals surface area contributed by atoms with E-state index in [1.165, 1.54) is 0 Å². The second kappa shape index (κ2) is 9.90. The van der Waals surface area contributed by atoms with Crippen molar-refractivity contribution in [2.45, 2.75) is 39.2 Å². The van der Waals surface area contributed by atoms with Crippen LogP contribution in [0.5, 0.6) is 5.75 Å². The number of methoxy groups -OCH3 is 1. The van der Waals surface area contributed by atoms with Crippen molar-refractivity contribution in [3.63, 3.8) is 0 Å². The summed E-state index contributed by atoms with van der Waals surface area (Å²) in [5, 5.41) is 4.10. The number of amides is 2. The Morgan fingerprint density at radius 3 is 2.38 bits per heavy atom. The topological polar surface area (TPSA) is 101 Å². The Bertz CT molecular complexity index is 992. The van der Waals surface area contributed by atoms with Crippen molar-refractivity contribution in [1.29, 1.82) is 0 Å². The summed E-state index contributed by atoms with van der Waals surface area (Å²) < 4.78 is 16.1. The summed E-state index contributed by atoms with van der Waals surface area (Å²) in [6, 6.07) is 7.92. The van der Waals surface area contributed by atoms with E-state index in [2.05, 4.69) is 10.1 Å². The monoisotopic (exact) mass is 471 g/mol. The molecular weight excluding hydrogens is 438 g/mol. The van der Waals surface area contributed by atoms with Crippen molar-refractivity contribution < 1.29 is 23.6 Å². The molecule has 2 aliphatic rings. The highest BCUT2D eigenvalue weighted by Gasteiger charge is 2.34. The summed E-state index contributed by atoms with van der Waals surface area (Å²) in [5.41, 5.74) is 0.295. The molecule has 0 saturated carbocycles. The van der Waals surface area contributed by atoms with Gasteiger partial charge in [0.15, 0.2) is 0 Å². The lowest BCUT2D eigenvalue weighted by Gasteiger charge is -2.38. The Morgan fingerprint density at radius 2 is 1.74 bits per heavy atom. The number of hydrogen-bond acceptors (Lipinski definition) is 8. The van der Waals surface area contributed by atoms with Gasteiger partial charge in [-0.3, -0.25) is 4.79 Å². The molecule has 1 unspecified atom stereocenters. The van der Waals surface area contributed by atoms with Crippen LogP contribution in [0.1, 0.15) is 33.6 Å². The second-order valence-corrected chi connectivity index (χ2v) is 9.71. The average molecular weight is 472 g/mol. The van der Waals surface area contributed by atoms with Crippen molar-refractivity contribution in [2.24, 2.45) is 5.92 Å². The Balaban J connectivity index is 1.31. The molecule has 1 aromatic carbocycles. The number of rotatable bonds is 4. The van der Waals surface area contributed by atoms with E-state index in [1.807, 2.05) is 54.8 Å². The third-order valence-electron chi connectivity index (χ3n) is 6.05. The minimum atomic E-state index is -0.549. The van der Waals surface area contributed by atoms with Gasteiger partial charge in [0.2, 0.25) is 11.7 Å². The largest absolute Gasteiger partial charge is 0.497 e. The summed E-state index contributed by atoms with van der Waals surface area (Å²) in [6.45, 7) is 8.94. The molecule has 34 heavy (non-hydrogen) atoms. The number of aromatic nitrogens is 2. The van der Waals surface area contributed by atoms with Crippen LogP contribution in [-0.2, 0) is 9.53 Å². The molecule has 10 nitrogen and oxygen atoms in total. The molecule has 0 spiro atoms. The van der Waals surface area contributed by atoms with Gasteiger partial charge in [-0.05, 0) is 57.9 Å². The molecular formula is C24H33N5O5. The van der Waals surface area contributed by atoms with Crippen LogP contribution < -0.4 is 9.64 Å². The molecule has 1 atom stereocenters. The fraction of sp³-hybridized carbons (Fsp3) is 0.583. The van der Waals surface area contributed by atoms with Crippen molar-refractivity contribution in [3.8, 4) is 17.1 Å². The van der Waals surface area contributed by atoms with Crippen molar-refractivity contribution in [3.05, 3.63) is 24.3 Å². The van der Waals surface area contributed by atoms with Crippen LogP contribution in [0, 0.1) is 5.92 Å². The van der Waals surface area contributed by atoms with E-state index >= 15 is 0 Å². The van der Waals surface area contributed by atoms with Gasteiger partial charge in [0.1, 0.15) is 11.4 Å². The summed E-state index contributed by atoms with van der Waals surface area (Å²) in [5.74, 6) is 1.18. The minimum Gasteiger partial charge on any atom is -0.497 e. The number of piperidine rings is 1. The zero-order valence-electron chi connectivity index (χ0n) is 20.3. The van der Waals surface area contributed by atoms with Crippen molar-refractivity contribution in [1.82, 2.24) is 19.9 Å². The number of carbonyl (C=O) groups excluding carboxylic acids is 2. The maximum Gasteiger partial charge on any atom is 0.410 e. The molecule has 2 fully saturated rings. The van der Waals surface area contributed by atoms with E-state index in [9.17, 15) is 9.59 Å². The van der Waals surface area contributed by atoms with Gasteiger partial charge in [0, 0.05) is 44.8 Å². The third kappa shape index (κ3) is 5.60. The molecule has 1 aromatic heterocycles. The number of anilines is 1. The molecule has 0 N–H and O–H groups in total. The zero-order valence-corrected chi connectivity index (χ0v) is 20.3. The van der Waals surface area contributed by atoms with Crippen LogP contribution in [-0.4, -0.2) is 83.9 Å². The number of carbonyl (C=O) groups is 2. The van der Waals surface area contributed by atoms with E-state index in [1.54, 1.807) is 12.0 Å². The van der Waals surface area contributed by atoms with E-state index in [0.29, 0.717) is 51.1 Å². The lowest BCUT2D eigenvalue weighted by Crippen LogP contribution is -2.53. The van der Waals surface area contributed by atoms with Gasteiger partial charge in [-0.25, -0.2) is 4.79 Å². The van der Waals surface area contributed by atoms with E-state index in [0.717, 1.165) is 24.2 Å². The average Bonchev–Trinajstić information content (AvgIpc) is 3.33. The fourth-order valence-electron chi connectivity index (χ4n) is 4.25. The third-order valence-corrected chi connectivity index (χ3v) is 6.05. The van der Waals surface area contributed by atoms with Crippen LogP contribution in [0.25, 0.3) is 11.4 Å². The van der Waals surface area contributed by atoms with E-state index in [-0.39, 0.29) is 17.9 Å². The van der Waals surface area contributed by atoms with E-state index in [4.69, 9.17) is 14.0 Å². The number of ether oxygens (including phenoxy) is 2. The Labute approximate surface area is 199 Å². The first kappa shape index (κ1) is 23.8.